The van der Waals surface area contributed by atoms with Gasteiger partial charge in [-0.25, -0.2) is 4.98 Å². The van der Waals surface area contributed by atoms with E-state index >= 15 is 0 Å². The molecular formula is C22H22N4O2. The van der Waals surface area contributed by atoms with Gasteiger partial charge in [-0.3, -0.25) is 9.59 Å². The molecule has 6 nitrogen and oxygen atoms in total. The summed E-state index contributed by atoms with van der Waals surface area (Å²) in [5.74, 6) is 0.135. The number of aromatic nitrogens is 2. The lowest BCUT2D eigenvalue weighted by atomic mass is 9.90. The number of piperidine rings is 1. The molecule has 1 unspecified atom stereocenters. The molecule has 5 rings (SSSR count). The van der Waals surface area contributed by atoms with Gasteiger partial charge >= 0.3 is 0 Å². The van der Waals surface area contributed by atoms with Crippen molar-refractivity contribution in [3.8, 4) is 0 Å². The van der Waals surface area contributed by atoms with Gasteiger partial charge in [-0.2, -0.15) is 0 Å². The second-order valence-electron chi connectivity index (χ2n) is 7.86. The predicted molar refractivity (Wildman–Crippen MR) is 106 cm³/mol. The molecule has 0 radical (unpaired) electrons. The number of carbonyl (C=O) groups excluding carboxylic acids is 2. The first-order valence-electron chi connectivity index (χ1n) is 9.74. The molecule has 1 saturated carbocycles. The van der Waals surface area contributed by atoms with E-state index in [9.17, 15) is 9.59 Å². The van der Waals surface area contributed by atoms with Gasteiger partial charge in [-0.1, -0.05) is 24.3 Å². The number of hydrogen-bond donors (Lipinski definition) is 1. The topological polar surface area (TPSA) is 66.7 Å². The van der Waals surface area contributed by atoms with Crippen molar-refractivity contribution in [3.63, 3.8) is 0 Å². The minimum Gasteiger partial charge on any atom is -0.337 e. The Balaban J connectivity index is 1.21. The van der Waals surface area contributed by atoms with Crippen molar-refractivity contribution in [1.82, 2.24) is 14.3 Å². The molecule has 1 aromatic carbocycles. The van der Waals surface area contributed by atoms with Gasteiger partial charge in [-0.05, 0) is 48.9 Å². The fourth-order valence-electron chi connectivity index (χ4n) is 4.38. The largest absolute Gasteiger partial charge is 0.337 e. The minimum atomic E-state index is -0.0236. The summed E-state index contributed by atoms with van der Waals surface area (Å²) < 4.78 is 1.86. The number of fused-ring (bicyclic) bond motifs is 1. The smallest absolute Gasteiger partial charge is 0.274 e. The number of hydrogen-bond acceptors (Lipinski definition) is 3. The summed E-state index contributed by atoms with van der Waals surface area (Å²) >= 11 is 0. The lowest BCUT2D eigenvalue weighted by Crippen LogP contribution is -2.40. The molecule has 1 N–H and O–H groups in total. The molecule has 2 fully saturated rings. The second kappa shape index (κ2) is 6.48. The summed E-state index contributed by atoms with van der Waals surface area (Å²) in [4.78, 5) is 31.7. The van der Waals surface area contributed by atoms with E-state index in [2.05, 4.69) is 10.3 Å². The minimum absolute atomic E-state index is 0.0236. The molecule has 1 saturated heterocycles. The van der Waals surface area contributed by atoms with E-state index in [-0.39, 0.29) is 23.1 Å². The Morgan fingerprint density at radius 1 is 1.04 bits per heavy atom. The van der Waals surface area contributed by atoms with Crippen LogP contribution < -0.4 is 5.32 Å². The highest BCUT2D eigenvalue weighted by Crippen LogP contribution is 2.59. The highest BCUT2D eigenvalue weighted by atomic mass is 16.2. The first kappa shape index (κ1) is 17.0. The summed E-state index contributed by atoms with van der Waals surface area (Å²) in [7, 11) is 0. The van der Waals surface area contributed by atoms with Crippen LogP contribution in [-0.2, 0) is 4.79 Å². The maximum atomic E-state index is 12.8. The van der Waals surface area contributed by atoms with E-state index in [1.54, 1.807) is 6.20 Å². The summed E-state index contributed by atoms with van der Waals surface area (Å²) in [6.07, 6.45) is 6.35. The molecule has 1 aliphatic heterocycles. The normalized spacial score (nSPS) is 20.3. The van der Waals surface area contributed by atoms with Crippen molar-refractivity contribution in [2.24, 2.45) is 11.3 Å². The van der Waals surface area contributed by atoms with Gasteiger partial charge in [0, 0.05) is 37.1 Å². The average Bonchev–Trinajstić information content (AvgIpc) is 3.25. The maximum absolute atomic E-state index is 12.8. The third-order valence-corrected chi connectivity index (χ3v) is 6.18. The molecule has 2 amide bonds. The highest BCUT2D eigenvalue weighted by molar-refractivity contribution is 5.95. The Morgan fingerprint density at radius 3 is 2.54 bits per heavy atom. The van der Waals surface area contributed by atoms with Gasteiger partial charge in [0.05, 0.1) is 0 Å². The zero-order valence-corrected chi connectivity index (χ0v) is 15.5. The first-order valence-corrected chi connectivity index (χ1v) is 9.74. The van der Waals surface area contributed by atoms with Crippen molar-refractivity contribution < 1.29 is 9.59 Å². The number of imidazole rings is 1. The van der Waals surface area contributed by atoms with Gasteiger partial charge in [-0.15, -0.1) is 0 Å². The Labute approximate surface area is 163 Å². The third kappa shape index (κ3) is 2.95. The second-order valence-corrected chi connectivity index (χ2v) is 7.86. The molecule has 142 valence electrons. The zero-order valence-electron chi connectivity index (χ0n) is 15.5. The van der Waals surface area contributed by atoms with Crippen LogP contribution in [-0.4, -0.2) is 39.2 Å². The van der Waals surface area contributed by atoms with E-state index < -0.39 is 0 Å². The molecular weight excluding hydrogens is 352 g/mol. The lowest BCUT2D eigenvalue weighted by Gasteiger charge is -2.32. The molecule has 28 heavy (non-hydrogen) atoms. The lowest BCUT2D eigenvalue weighted by molar-refractivity contribution is -0.118. The molecule has 6 heteroatoms. The summed E-state index contributed by atoms with van der Waals surface area (Å²) in [6.45, 7) is 1.36. The number of nitrogens with one attached hydrogen (secondary N) is 1. The Hall–Kier alpha value is -3.15. The van der Waals surface area contributed by atoms with Crippen LogP contribution in [0.4, 0.5) is 5.69 Å². The van der Waals surface area contributed by atoms with Crippen LogP contribution in [0.2, 0.25) is 0 Å². The molecule has 2 aliphatic rings. The fourth-order valence-corrected chi connectivity index (χ4v) is 4.38. The Bertz CT molecular complexity index is 1000. The van der Waals surface area contributed by atoms with Crippen LogP contribution in [0.15, 0.2) is 60.9 Å². The molecule has 3 aromatic rings. The molecule has 1 atom stereocenters. The van der Waals surface area contributed by atoms with Crippen molar-refractivity contribution in [2.75, 3.05) is 18.4 Å². The van der Waals surface area contributed by atoms with Crippen molar-refractivity contribution >= 4 is 23.1 Å². The number of nitrogens with zero attached hydrogens (tertiary/aromatic N) is 3. The first-order chi connectivity index (χ1) is 13.6. The monoisotopic (exact) mass is 374 g/mol. The molecule has 3 heterocycles. The third-order valence-electron chi connectivity index (χ3n) is 6.18. The van der Waals surface area contributed by atoms with E-state index in [1.807, 2.05) is 64.0 Å². The maximum Gasteiger partial charge on any atom is 0.274 e. The van der Waals surface area contributed by atoms with Crippen molar-refractivity contribution in [3.05, 3.63) is 66.6 Å². The van der Waals surface area contributed by atoms with Gasteiger partial charge in [0.2, 0.25) is 5.91 Å². The van der Waals surface area contributed by atoms with E-state index in [4.69, 9.17) is 0 Å². The van der Waals surface area contributed by atoms with Crippen molar-refractivity contribution in [2.45, 2.75) is 19.3 Å². The van der Waals surface area contributed by atoms with Gasteiger partial charge in [0.15, 0.2) is 0 Å². The van der Waals surface area contributed by atoms with E-state index in [0.29, 0.717) is 18.8 Å². The SMILES string of the molecule is O=C(Nc1ccccc1)C1CC12CCN(C(=O)c1cn3ccccc3n1)CC2. The zero-order chi connectivity index (χ0) is 19.1. The number of para-hydroxylation sites is 1. The number of carbonyl (C=O) groups is 2. The van der Waals surface area contributed by atoms with E-state index in [1.165, 1.54) is 0 Å². The van der Waals surface area contributed by atoms with Crippen LogP contribution in [0.1, 0.15) is 29.8 Å². The van der Waals surface area contributed by atoms with Crippen LogP contribution in [0, 0.1) is 11.3 Å². The molecule has 1 spiro atoms. The molecule has 0 bridgehead atoms. The average molecular weight is 374 g/mol. The number of anilines is 1. The van der Waals surface area contributed by atoms with Crippen LogP contribution in [0.25, 0.3) is 5.65 Å². The van der Waals surface area contributed by atoms with Crippen LogP contribution in [0.5, 0.6) is 0 Å². The van der Waals surface area contributed by atoms with Crippen LogP contribution >= 0.6 is 0 Å². The van der Waals surface area contributed by atoms with Gasteiger partial charge in [0.25, 0.3) is 5.91 Å². The van der Waals surface area contributed by atoms with Crippen molar-refractivity contribution in [1.29, 1.82) is 0 Å². The summed E-state index contributed by atoms with van der Waals surface area (Å²) in [6, 6.07) is 15.3. The quantitative estimate of drug-likeness (QED) is 0.765. The fraction of sp³-hybridized carbons (Fsp3) is 0.318. The molecule has 1 aliphatic carbocycles. The number of pyridine rings is 1. The Morgan fingerprint density at radius 2 is 1.79 bits per heavy atom. The summed E-state index contributed by atoms with van der Waals surface area (Å²) in [5, 5.41) is 3.02. The van der Waals surface area contributed by atoms with Gasteiger partial charge in [0.1, 0.15) is 11.3 Å². The summed E-state index contributed by atoms with van der Waals surface area (Å²) in [5.41, 5.74) is 2.17. The highest BCUT2D eigenvalue weighted by Gasteiger charge is 2.58. The van der Waals surface area contributed by atoms with Crippen LogP contribution in [0.3, 0.4) is 0 Å². The van der Waals surface area contributed by atoms with E-state index in [0.717, 1.165) is 30.6 Å². The number of rotatable bonds is 3. The number of amides is 2. The predicted octanol–water partition coefficient (Wildman–Crippen LogP) is 3.22. The molecule has 2 aromatic heterocycles. The number of likely N-dealkylation sites (tertiary alicyclic amines) is 1. The number of benzene rings is 1. The van der Waals surface area contributed by atoms with Gasteiger partial charge < -0.3 is 14.6 Å². The standard InChI is InChI=1S/C22H22N4O2/c27-20(23-16-6-2-1-3-7-16)17-14-22(17)9-12-25(13-10-22)21(28)18-15-26-11-5-4-8-19(26)24-18/h1-8,11,15,17H,9-10,12-14H2,(H,23,27). The Kier molecular flexibility index (Phi) is 3.93.